The van der Waals surface area contributed by atoms with Crippen LogP contribution in [0.4, 0.5) is 0 Å². The molecule has 2 aromatic rings. The molecule has 2 aromatic carbocycles. The first-order valence-corrected chi connectivity index (χ1v) is 11.9. The van der Waals surface area contributed by atoms with E-state index >= 15 is 0 Å². The van der Waals surface area contributed by atoms with Gasteiger partial charge in [0, 0.05) is 5.41 Å². The summed E-state index contributed by atoms with van der Waals surface area (Å²) in [6, 6.07) is 16.9. The minimum absolute atomic E-state index is 0.0102. The number of ether oxygens (including phenoxy) is 2. The number of esters is 1. The van der Waals surface area contributed by atoms with Gasteiger partial charge >= 0.3 is 5.97 Å². The molecule has 3 nitrogen and oxygen atoms in total. The molecule has 1 saturated carbocycles. The molecule has 1 aliphatic rings. The van der Waals surface area contributed by atoms with E-state index in [4.69, 9.17) is 9.47 Å². The largest absolute Gasteiger partial charge is 0.488 e. The van der Waals surface area contributed by atoms with Crippen LogP contribution in [0.3, 0.4) is 0 Å². The van der Waals surface area contributed by atoms with Crippen molar-refractivity contribution >= 4 is 5.97 Å². The molecule has 0 radical (unpaired) electrons. The van der Waals surface area contributed by atoms with Crippen LogP contribution in [0.25, 0.3) is 0 Å². The third-order valence-corrected chi connectivity index (χ3v) is 7.00. The summed E-state index contributed by atoms with van der Waals surface area (Å²) in [6.45, 7) is 10.3. The van der Waals surface area contributed by atoms with E-state index in [1.807, 2.05) is 26.0 Å². The predicted molar refractivity (Wildman–Crippen MR) is 127 cm³/mol. The summed E-state index contributed by atoms with van der Waals surface area (Å²) in [6.07, 6.45) is 7.77. The zero-order valence-corrected chi connectivity index (χ0v) is 19.9. The van der Waals surface area contributed by atoms with Crippen molar-refractivity contribution in [3.8, 4) is 11.5 Å². The second-order valence-corrected chi connectivity index (χ2v) is 9.64. The summed E-state index contributed by atoms with van der Waals surface area (Å²) in [5.41, 5.74) is 2.50. The summed E-state index contributed by atoms with van der Waals surface area (Å²) < 4.78 is 11.7. The highest BCUT2D eigenvalue weighted by atomic mass is 16.5. The molecule has 0 aromatic heterocycles. The molecule has 0 heterocycles. The number of carbonyl (C=O) groups is 1. The Hall–Kier alpha value is -2.29. The van der Waals surface area contributed by atoms with Gasteiger partial charge in [0.05, 0.1) is 5.92 Å². The van der Waals surface area contributed by atoms with E-state index in [0.717, 1.165) is 31.4 Å². The van der Waals surface area contributed by atoms with Crippen molar-refractivity contribution in [1.29, 1.82) is 0 Å². The standard InChI is InChI=1S/C28H38O3/c1-6-21(3)26(29)30-24-15-11-22(12-16-24)28(19-9-8-10-20-28)23-13-17-25(18-14-23)31-27(4,5)7-2/h11-18,21H,6-10,19-20H2,1-5H3. The highest BCUT2D eigenvalue weighted by Crippen LogP contribution is 2.45. The number of hydrogen-bond donors (Lipinski definition) is 0. The minimum Gasteiger partial charge on any atom is -0.488 e. The first-order chi connectivity index (χ1) is 14.8. The molecule has 0 spiro atoms. The Bertz CT molecular complexity index is 843. The normalized spacial score (nSPS) is 17.1. The van der Waals surface area contributed by atoms with E-state index in [1.54, 1.807) is 0 Å². The van der Waals surface area contributed by atoms with Crippen molar-refractivity contribution in [2.45, 2.75) is 90.6 Å². The third-order valence-electron chi connectivity index (χ3n) is 7.00. The van der Waals surface area contributed by atoms with Crippen molar-refractivity contribution < 1.29 is 14.3 Å². The van der Waals surface area contributed by atoms with Crippen LogP contribution in [0.2, 0.25) is 0 Å². The first kappa shape index (κ1) is 23.4. The number of carbonyl (C=O) groups excluding carboxylic acids is 1. The lowest BCUT2D eigenvalue weighted by molar-refractivity contribution is -0.138. The second-order valence-electron chi connectivity index (χ2n) is 9.64. The van der Waals surface area contributed by atoms with Gasteiger partial charge in [-0.1, -0.05) is 64.3 Å². The molecule has 3 heteroatoms. The molecule has 0 N–H and O–H groups in total. The van der Waals surface area contributed by atoms with Crippen LogP contribution in [0.15, 0.2) is 48.5 Å². The van der Waals surface area contributed by atoms with Gasteiger partial charge in [0.25, 0.3) is 0 Å². The van der Waals surface area contributed by atoms with Gasteiger partial charge in [0.1, 0.15) is 17.1 Å². The van der Waals surface area contributed by atoms with Crippen molar-refractivity contribution in [3.05, 3.63) is 59.7 Å². The Balaban J connectivity index is 1.85. The topological polar surface area (TPSA) is 35.5 Å². The Morgan fingerprint density at radius 3 is 1.90 bits per heavy atom. The van der Waals surface area contributed by atoms with Crippen LogP contribution in [0, 0.1) is 5.92 Å². The lowest BCUT2D eigenvalue weighted by Gasteiger charge is -2.39. The Morgan fingerprint density at radius 2 is 1.42 bits per heavy atom. The SMILES string of the molecule is CCC(C)C(=O)Oc1ccc(C2(c3ccc(OC(C)(C)CC)cc3)CCCCC2)cc1. The maximum absolute atomic E-state index is 12.1. The van der Waals surface area contributed by atoms with Crippen molar-refractivity contribution in [2.75, 3.05) is 0 Å². The van der Waals surface area contributed by atoms with E-state index in [-0.39, 0.29) is 22.9 Å². The predicted octanol–water partition coefficient (Wildman–Crippen LogP) is 7.46. The molecule has 31 heavy (non-hydrogen) atoms. The summed E-state index contributed by atoms with van der Waals surface area (Å²) in [5, 5.41) is 0. The number of rotatable bonds is 8. The molecule has 0 saturated heterocycles. The third kappa shape index (κ3) is 5.50. The zero-order valence-electron chi connectivity index (χ0n) is 19.9. The fourth-order valence-electron chi connectivity index (χ4n) is 4.36. The van der Waals surface area contributed by atoms with Crippen molar-refractivity contribution in [2.24, 2.45) is 5.92 Å². The van der Waals surface area contributed by atoms with Gasteiger partial charge in [-0.15, -0.1) is 0 Å². The second kappa shape index (κ2) is 9.89. The molecule has 1 atom stereocenters. The quantitative estimate of drug-likeness (QED) is 0.327. The Labute approximate surface area is 188 Å². The molecule has 0 amide bonds. The van der Waals surface area contributed by atoms with E-state index in [0.29, 0.717) is 5.75 Å². The van der Waals surface area contributed by atoms with Crippen molar-refractivity contribution in [3.63, 3.8) is 0 Å². The fraction of sp³-hybridized carbons (Fsp3) is 0.536. The van der Waals surface area contributed by atoms with Crippen LogP contribution in [-0.4, -0.2) is 11.6 Å². The fourth-order valence-corrected chi connectivity index (χ4v) is 4.36. The average molecular weight is 423 g/mol. The summed E-state index contributed by atoms with van der Waals surface area (Å²) in [7, 11) is 0. The molecular weight excluding hydrogens is 384 g/mol. The van der Waals surface area contributed by atoms with Crippen LogP contribution >= 0.6 is 0 Å². The Kier molecular flexibility index (Phi) is 7.46. The molecular formula is C28H38O3. The molecule has 1 fully saturated rings. The molecule has 1 aliphatic carbocycles. The molecule has 3 rings (SSSR count). The molecule has 0 bridgehead atoms. The highest BCUT2D eigenvalue weighted by molar-refractivity contribution is 5.74. The number of benzene rings is 2. The molecule has 0 aliphatic heterocycles. The minimum atomic E-state index is -0.160. The lowest BCUT2D eigenvalue weighted by Crippen LogP contribution is -2.30. The summed E-state index contributed by atoms with van der Waals surface area (Å²) in [5.74, 6) is 1.32. The van der Waals surface area contributed by atoms with Gasteiger partial charge in [0.15, 0.2) is 0 Å². The van der Waals surface area contributed by atoms with E-state index in [9.17, 15) is 4.79 Å². The molecule has 1 unspecified atom stereocenters. The van der Waals surface area contributed by atoms with E-state index in [1.165, 1.54) is 30.4 Å². The summed E-state index contributed by atoms with van der Waals surface area (Å²) >= 11 is 0. The van der Waals surface area contributed by atoms with Gasteiger partial charge in [-0.2, -0.15) is 0 Å². The van der Waals surface area contributed by atoms with Crippen LogP contribution in [-0.2, 0) is 10.2 Å². The Morgan fingerprint density at radius 1 is 0.903 bits per heavy atom. The van der Waals surface area contributed by atoms with Crippen LogP contribution in [0.1, 0.15) is 90.7 Å². The van der Waals surface area contributed by atoms with Crippen molar-refractivity contribution in [1.82, 2.24) is 0 Å². The zero-order chi connectivity index (χ0) is 22.5. The maximum Gasteiger partial charge on any atom is 0.314 e. The van der Waals surface area contributed by atoms with Gasteiger partial charge in [-0.25, -0.2) is 0 Å². The van der Waals surface area contributed by atoms with Gasteiger partial charge in [0.2, 0.25) is 0 Å². The van der Waals surface area contributed by atoms with E-state index < -0.39 is 0 Å². The van der Waals surface area contributed by atoms with Gasteiger partial charge in [-0.05, 0) is 74.9 Å². The van der Waals surface area contributed by atoms with Crippen LogP contribution < -0.4 is 9.47 Å². The maximum atomic E-state index is 12.1. The van der Waals surface area contributed by atoms with Crippen LogP contribution in [0.5, 0.6) is 11.5 Å². The average Bonchev–Trinajstić information content (AvgIpc) is 2.79. The smallest absolute Gasteiger partial charge is 0.314 e. The summed E-state index contributed by atoms with van der Waals surface area (Å²) in [4.78, 5) is 12.1. The number of hydrogen-bond acceptors (Lipinski definition) is 3. The van der Waals surface area contributed by atoms with Gasteiger partial charge in [-0.3, -0.25) is 4.79 Å². The lowest BCUT2D eigenvalue weighted by atomic mass is 9.65. The highest BCUT2D eigenvalue weighted by Gasteiger charge is 2.35. The van der Waals surface area contributed by atoms with E-state index in [2.05, 4.69) is 57.2 Å². The first-order valence-electron chi connectivity index (χ1n) is 11.9. The molecule has 168 valence electrons. The van der Waals surface area contributed by atoms with Gasteiger partial charge < -0.3 is 9.47 Å². The monoisotopic (exact) mass is 422 g/mol.